The third kappa shape index (κ3) is 1.87. The number of fused-ring (bicyclic) bond motifs is 5. The number of ether oxygens (including phenoxy) is 4. The van der Waals surface area contributed by atoms with E-state index in [4.69, 9.17) is 18.9 Å². The number of benzene rings is 1. The van der Waals surface area contributed by atoms with E-state index < -0.39 is 11.6 Å². The fraction of sp³-hybridized carbons (Fsp3) is 0.700. The molecule has 4 aliphatic heterocycles. The minimum atomic E-state index is -0.500. The molecule has 0 radical (unpaired) electrons. The van der Waals surface area contributed by atoms with Gasteiger partial charge in [-0.15, -0.1) is 0 Å². The zero-order valence-electron chi connectivity index (χ0n) is 14.9. The Morgan fingerprint density at radius 3 is 2.21 bits per heavy atom. The Bertz CT molecular complexity index is 701. The van der Waals surface area contributed by atoms with Crippen LogP contribution in [-0.2, 0) is 22.3 Å². The van der Waals surface area contributed by atoms with Crippen LogP contribution in [0.4, 0.5) is 0 Å². The third-order valence-corrected chi connectivity index (χ3v) is 6.77. The first-order chi connectivity index (χ1) is 11.4. The van der Waals surface area contributed by atoms with Crippen LogP contribution in [0.2, 0.25) is 0 Å². The standard InChI is InChI=1S/C20H26O4/c1-11-9-22-20(4)15(11)7-13-5-6-17-14(18(13)24-20)8-16-12(2)10-21-19(16,3)23-17/h5-6,11-12,15-16H,7-10H2,1-4H3. The summed E-state index contributed by atoms with van der Waals surface area (Å²) in [6.07, 6.45) is 1.97. The van der Waals surface area contributed by atoms with E-state index in [1.165, 1.54) is 11.1 Å². The van der Waals surface area contributed by atoms with Crippen molar-refractivity contribution in [3.63, 3.8) is 0 Å². The lowest BCUT2D eigenvalue weighted by Gasteiger charge is -2.42. The Kier molecular flexibility index (Phi) is 2.93. The first-order valence-corrected chi connectivity index (χ1v) is 9.20. The summed E-state index contributed by atoms with van der Waals surface area (Å²) in [7, 11) is 0. The molecule has 24 heavy (non-hydrogen) atoms. The van der Waals surface area contributed by atoms with Gasteiger partial charge in [-0.25, -0.2) is 0 Å². The molecular formula is C20H26O4. The lowest BCUT2D eigenvalue weighted by molar-refractivity contribution is -0.174. The van der Waals surface area contributed by atoms with E-state index >= 15 is 0 Å². The van der Waals surface area contributed by atoms with Gasteiger partial charge in [0.05, 0.1) is 13.2 Å². The Labute approximate surface area is 143 Å². The summed E-state index contributed by atoms with van der Waals surface area (Å²) < 4.78 is 24.8. The van der Waals surface area contributed by atoms with Crippen molar-refractivity contribution in [1.82, 2.24) is 0 Å². The van der Waals surface area contributed by atoms with Gasteiger partial charge in [-0.1, -0.05) is 19.9 Å². The van der Waals surface area contributed by atoms with Gasteiger partial charge in [-0.05, 0) is 36.3 Å². The van der Waals surface area contributed by atoms with Crippen LogP contribution in [0.15, 0.2) is 12.1 Å². The topological polar surface area (TPSA) is 36.9 Å². The molecule has 6 unspecified atom stereocenters. The molecule has 130 valence electrons. The van der Waals surface area contributed by atoms with Crippen molar-refractivity contribution in [3.05, 3.63) is 23.3 Å². The largest absolute Gasteiger partial charge is 0.462 e. The molecule has 0 spiro atoms. The maximum Gasteiger partial charge on any atom is 0.211 e. The molecule has 4 nitrogen and oxygen atoms in total. The molecule has 4 aliphatic rings. The fourth-order valence-electron chi connectivity index (χ4n) is 5.17. The average Bonchev–Trinajstić information content (AvgIpc) is 3.00. The molecule has 2 saturated heterocycles. The van der Waals surface area contributed by atoms with Crippen LogP contribution >= 0.6 is 0 Å². The Morgan fingerprint density at radius 2 is 1.50 bits per heavy atom. The molecule has 4 heterocycles. The second-order valence-electron chi connectivity index (χ2n) is 8.46. The van der Waals surface area contributed by atoms with Gasteiger partial charge in [0.2, 0.25) is 11.6 Å². The Morgan fingerprint density at radius 1 is 0.875 bits per heavy atom. The molecule has 0 N–H and O–H groups in total. The molecule has 5 rings (SSSR count). The van der Waals surface area contributed by atoms with E-state index in [1.54, 1.807) is 0 Å². The molecule has 0 aromatic heterocycles. The predicted octanol–water partition coefficient (Wildman–Crippen LogP) is 3.55. The van der Waals surface area contributed by atoms with Crippen molar-refractivity contribution < 1.29 is 18.9 Å². The van der Waals surface area contributed by atoms with Crippen molar-refractivity contribution in [3.8, 4) is 11.5 Å². The normalized spacial score (nSPS) is 45.5. The van der Waals surface area contributed by atoms with Crippen LogP contribution in [0.1, 0.15) is 38.8 Å². The lowest BCUT2D eigenvalue weighted by Crippen LogP contribution is -2.46. The van der Waals surface area contributed by atoms with Crippen LogP contribution in [-0.4, -0.2) is 24.8 Å². The highest BCUT2D eigenvalue weighted by Gasteiger charge is 2.53. The summed E-state index contributed by atoms with van der Waals surface area (Å²) in [4.78, 5) is 0. The van der Waals surface area contributed by atoms with Gasteiger partial charge >= 0.3 is 0 Å². The number of hydrogen-bond acceptors (Lipinski definition) is 4. The van der Waals surface area contributed by atoms with Gasteiger partial charge in [0.1, 0.15) is 11.5 Å². The van der Waals surface area contributed by atoms with Crippen molar-refractivity contribution in [1.29, 1.82) is 0 Å². The van der Waals surface area contributed by atoms with Crippen molar-refractivity contribution >= 4 is 0 Å². The molecule has 6 atom stereocenters. The summed E-state index contributed by atoms with van der Waals surface area (Å²) in [6.45, 7) is 10.2. The molecule has 1 aromatic rings. The minimum absolute atomic E-state index is 0.369. The molecule has 4 heteroatoms. The van der Waals surface area contributed by atoms with Crippen LogP contribution in [0.5, 0.6) is 11.5 Å². The van der Waals surface area contributed by atoms with Crippen LogP contribution < -0.4 is 9.47 Å². The first kappa shape index (κ1) is 15.0. The fourth-order valence-corrected chi connectivity index (χ4v) is 5.17. The second kappa shape index (κ2) is 4.67. The average molecular weight is 330 g/mol. The van der Waals surface area contributed by atoms with E-state index in [1.807, 2.05) is 0 Å². The van der Waals surface area contributed by atoms with E-state index in [2.05, 4.69) is 39.8 Å². The summed E-state index contributed by atoms with van der Waals surface area (Å²) in [5, 5.41) is 0. The summed E-state index contributed by atoms with van der Waals surface area (Å²) in [6, 6.07) is 4.27. The van der Waals surface area contributed by atoms with Crippen LogP contribution in [0.25, 0.3) is 0 Å². The van der Waals surface area contributed by atoms with E-state index in [9.17, 15) is 0 Å². The zero-order valence-corrected chi connectivity index (χ0v) is 14.9. The SMILES string of the molecule is CC1COC2(C)Oc3ccc4c(c3CC12)OC1(C)OCC(C)C1C4. The lowest BCUT2D eigenvalue weighted by atomic mass is 9.78. The molecule has 2 fully saturated rings. The van der Waals surface area contributed by atoms with Gasteiger partial charge < -0.3 is 18.9 Å². The molecular weight excluding hydrogens is 304 g/mol. The predicted molar refractivity (Wildman–Crippen MR) is 89.1 cm³/mol. The summed E-state index contributed by atoms with van der Waals surface area (Å²) in [5.41, 5.74) is 2.50. The Hall–Kier alpha value is -1.26. The molecule has 0 saturated carbocycles. The quantitative estimate of drug-likeness (QED) is 0.729. The maximum atomic E-state index is 6.49. The molecule has 1 aromatic carbocycles. The van der Waals surface area contributed by atoms with E-state index in [0.717, 1.165) is 37.6 Å². The van der Waals surface area contributed by atoms with Gasteiger partial charge in [-0.2, -0.15) is 0 Å². The summed E-state index contributed by atoms with van der Waals surface area (Å²) >= 11 is 0. The highest BCUT2D eigenvalue weighted by Crippen LogP contribution is 2.53. The first-order valence-electron chi connectivity index (χ1n) is 9.20. The monoisotopic (exact) mass is 330 g/mol. The van der Waals surface area contributed by atoms with E-state index in [0.29, 0.717) is 23.7 Å². The van der Waals surface area contributed by atoms with Gasteiger partial charge in [0.15, 0.2) is 0 Å². The smallest absolute Gasteiger partial charge is 0.211 e. The van der Waals surface area contributed by atoms with Crippen LogP contribution in [0, 0.1) is 23.7 Å². The number of hydrogen-bond donors (Lipinski definition) is 0. The highest BCUT2D eigenvalue weighted by atomic mass is 16.7. The van der Waals surface area contributed by atoms with E-state index in [-0.39, 0.29) is 0 Å². The zero-order chi connectivity index (χ0) is 16.7. The minimum Gasteiger partial charge on any atom is -0.462 e. The Balaban J connectivity index is 1.58. The number of rotatable bonds is 0. The van der Waals surface area contributed by atoms with Crippen molar-refractivity contribution in [2.75, 3.05) is 13.2 Å². The van der Waals surface area contributed by atoms with Gasteiger partial charge in [0, 0.05) is 31.2 Å². The molecule has 0 aliphatic carbocycles. The molecule has 0 bridgehead atoms. The van der Waals surface area contributed by atoms with Crippen LogP contribution in [0.3, 0.4) is 0 Å². The highest BCUT2D eigenvalue weighted by molar-refractivity contribution is 5.53. The van der Waals surface area contributed by atoms with Crippen molar-refractivity contribution in [2.45, 2.75) is 52.1 Å². The maximum absolute atomic E-state index is 6.49. The van der Waals surface area contributed by atoms with Gasteiger partial charge in [-0.3, -0.25) is 0 Å². The van der Waals surface area contributed by atoms with Gasteiger partial charge in [0.25, 0.3) is 0 Å². The summed E-state index contributed by atoms with van der Waals surface area (Å²) in [5.74, 6) is 2.73. The van der Waals surface area contributed by atoms with Crippen molar-refractivity contribution in [2.24, 2.45) is 23.7 Å². The third-order valence-electron chi connectivity index (χ3n) is 6.77. The molecule has 0 amide bonds. The second-order valence-corrected chi connectivity index (χ2v) is 8.46.